The number of hydrogen-bond donors (Lipinski definition) is 3. The van der Waals surface area contributed by atoms with Gasteiger partial charge in [-0.15, -0.1) is 0 Å². The smallest absolute Gasteiger partial charge is 0.227 e. The second-order valence-electron chi connectivity index (χ2n) is 8.04. The van der Waals surface area contributed by atoms with Crippen molar-refractivity contribution in [1.82, 2.24) is 9.88 Å². The van der Waals surface area contributed by atoms with E-state index in [0.717, 1.165) is 10.9 Å². The second-order valence-corrected chi connectivity index (χ2v) is 8.04. The van der Waals surface area contributed by atoms with Crippen LogP contribution in [0.3, 0.4) is 0 Å². The number of hydrogen-bond acceptors (Lipinski definition) is 6. The molecule has 4 aromatic rings. The van der Waals surface area contributed by atoms with Crippen LogP contribution >= 0.6 is 0 Å². The number of phenolic OH excluding ortho intramolecular Hbond substituents is 1. The highest BCUT2D eigenvalue weighted by atomic mass is 16.5. The standard InChI is InChI=1S/C26H26N2O6/c1-16-13-22(30)25(32)26(34-16)19(18-7-8-21(29)23(14-18)33-2)15-24(31)27-10-12-28-11-9-17-5-3-4-6-20(17)28/h3-9,11,13-14,19,29,32H,10,12,15H2,1-2H3,(H,27,31)/t19-/m1/s1. The van der Waals surface area contributed by atoms with Crippen molar-refractivity contribution in [2.45, 2.75) is 25.8 Å². The lowest BCUT2D eigenvalue weighted by molar-refractivity contribution is -0.121. The van der Waals surface area contributed by atoms with Crippen LogP contribution < -0.4 is 15.5 Å². The van der Waals surface area contributed by atoms with Gasteiger partial charge < -0.3 is 29.3 Å². The minimum atomic E-state index is -0.769. The molecule has 34 heavy (non-hydrogen) atoms. The minimum Gasteiger partial charge on any atom is -0.504 e. The van der Waals surface area contributed by atoms with Gasteiger partial charge in [0.15, 0.2) is 17.3 Å². The lowest BCUT2D eigenvalue weighted by Crippen LogP contribution is -2.28. The topological polar surface area (TPSA) is 114 Å². The average Bonchev–Trinajstić information content (AvgIpc) is 3.23. The van der Waals surface area contributed by atoms with Crippen molar-refractivity contribution < 1.29 is 24.2 Å². The van der Waals surface area contributed by atoms with Crippen LogP contribution in [0.1, 0.15) is 29.4 Å². The Hall–Kier alpha value is -4.20. The van der Waals surface area contributed by atoms with Crippen molar-refractivity contribution in [3.05, 3.63) is 88.1 Å². The van der Waals surface area contributed by atoms with Crippen molar-refractivity contribution in [3.8, 4) is 17.2 Å². The summed E-state index contributed by atoms with van der Waals surface area (Å²) in [6.07, 6.45) is 1.89. The zero-order chi connectivity index (χ0) is 24.2. The van der Waals surface area contributed by atoms with Crippen LogP contribution in [0.15, 0.2) is 70.0 Å². The number of carbonyl (C=O) groups is 1. The number of rotatable bonds is 8. The summed E-state index contributed by atoms with van der Waals surface area (Å²) in [6, 6.07) is 15.8. The molecule has 3 N–H and O–H groups in total. The number of ether oxygens (including phenoxy) is 1. The number of aromatic nitrogens is 1. The Balaban J connectivity index is 1.55. The summed E-state index contributed by atoms with van der Waals surface area (Å²) in [5.41, 5.74) is 1.04. The molecule has 2 aromatic heterocycles. The van der Waals surface area contributed by atoms with Crippen LogP contribution in [0.2, 0.25) is 0 Å². The molecule has 1 amide bonds. The van der Waals surface area contributed by atoms with Gasteiger partial charge in [0.1, 0.15) is 5.76 Å². The number of nitrogens with one attached hydrogen (secondary N) is 1. The first-order valence-electron chi connectivity index (χ1n) is 10.9. The van der Waals surface area contributed by atoms with Gasteiger partial charge in [0.25, 0.3) is 0 Å². The van der Waals surface area contributed by atoms with Crippen molar-refractivity contribution >= 4 is 16.8 Å². The number of methoxy groups -OCH3 is 1. The SMILES string of the molecule is COc1cc([C@@H](CC(=O)NCCn2ccc3ccccc32)c2oc(C)cc(=O)c2O)ccc1O. The molecule has 1 atom stereocenters. The summed E-state index contributed by atoms with van der Waals surface area (Å²) in [5, 5.41) is 24.4. The number of nitrogens with zero attached hydrogens (tertiary/aromatic N) is 1. The molecule has 0 saturated carbocycles. The van der Waals surface area contributed by atoms with Crippen LogP contribution in [-0.2, 0) is 11.3 Å². The molecule has 2 heterocycles. The van der Waals surface area contributed by atoms with Crippen LogP contribution in [0.5, 0.6) is 17.2 Å². The van der Waals surface area contributed by atoms with Gasteiger partial charge in [-0.2, -0.15) is 0 Å². The van der Waals surface area contributed by atoms with E-state index in [0.29, 0.717) is 24.4 Å². The monoisotopic (exact) mass is 462 g/mol. The molecule has 0 fully saturated rings. The largest absolute Gasteiger partial charge is 0.504 e. The maximum Gasteiger partial charge on any atom is 0.227 e. The highest BCUT2D eigenvalue weighted by Crippen LogP contribution is 2.37. The number of phenols is 1. The van der Waals surface area contributed by atoms with E-state index in [1.165, 1.54) is 19.2 Å². The molecule has 0 aliphatic carbocycles. The number of aryl methyl sites for hydroxylation is 1. The molecule has 0 unspecified atom stereocenters. The van der Waals surface area contributed by atoms with Crippen molar-refractivity contribution in [2.75, 3.05) is 13.7 Å². The summed E-state index contributed by atoms with van der Waals surface area (Å²) in [6.45, 7) is 2.58. The van der Waals surface area contributed by atoms with Gasteiger partial charge in [-0.1, -0.05) is 24.3 Å². The van der Waals surface area contributed by atoms with E-state index in [2.05, 4.69) is 9.88 Å². The highest BCUT2D eigenvalue weighted by Gasteiger charge is 2.26. The third-order valence-electron chi connectivity index (χ3n) is 5.74. The molecule has 8 nitrogen and oxygen atoms in total. The normalized spacial score (nSPS) is 11.9. The van der Waals surface area contributed by atoms with Gasteiger partial charge in [-0.05, 0) is 42.1 Å². The zero-order valence-electron chi connectivity index (χ0n) is 18.9. The van der Waals surface area contributed by atoms with Gasteiger partial charge in [0.2, 0.25) is 17.1 Å². The first kappa shape index (κ1) is 23.0. The molecular weight excluding hydrogens is 436 g/mol. The molecule has 0 bridgehead atoms. The summed E-state index contributed by atoms with van der Waals surface area (Å²) >= 11 is 0. The van der Waals surface area contributed by atoms with E-state index in [1.54, 1.807) is 19.1 Å². The number of carbonyl (C=O) groups excluding carboxylic acids is 1. The van der Waals surface area contributed by atoms with Crippen LogP contribution in [-0.4, -0.2) is 34.3 Å². The molecule has 176 valence electrons. The van der Waals surface area contributed by atoms with Crippen LogP contribution in [0.25, 0.3) is 10.9 Å². The zero-order valence-corrected chi connectivity index (χ0v) is 18.9. The Morgan fingerprint density at radius 3 is 2.74 bits per heavy atom. The fourth-order valence-electron chi connectivity index (χ4n) is 4.04. The van der Waals surface area contributed by atoms with Crippen LogP contribution in [0, 0.1) is 6.92 Å². The Labute approximate surface area is 196 Å². The van der Waals surface area contributed by atoms with Gasteiger partial charge in [0, 0.05) is 37.3 Å². The van der Waals surface area contributed by atoms with Crippen molar-refractivity contribution in [3.63, 3.8) is 0 Å². The molecule has 2 aromatic carbocycles. The summed E-state index contributed by atoms with van der Waals surface area (Å²) in [5.74, 6) is -1.15. The predicted octanol–water partition coefficient (Wildman–Crippen LogP) is 3.66. The van der Waals surface area contributed by atoms with E-state index in [-0.39, 0.29) is 29.6 Å². The Morgan fingerprint density at radius 1 is 1.15 bits per heavy atom. The number of amides is 1. The van der Waals surface area contributed by atoms with E-state index in [4.69, 9.17) is 9.15 Å². The van der Waals surface area contributed by atoms with E-state index in [9.17, 15) is 19.8 Å². The Kier molecular flexibility index (Phi) is 6.58. The Morgan fingerprint density at radius 2 is 1.94 bits per heavy atom. The second kappa shape index (κ2) is 9.74. The van der Waals surface area contributed by atoms with Crippen molar-refractivity contribution in [2.24, 2.45) is 0 Å². The molecule has 0 aliphatic rings. The fraction of sp³-hybridized carbons (Fsp3) is 0.231. The summed E-state index contributed by atoms with van der Waals surface area (Å²) < 4.78 is 12.9. The molecule has 8 heteroatoms. The van der Waals surface area contributed by atoms with Crippen LogP contribution in [0.4, 0.5) is 0 Å². The first-order chi connectivity index (χ1) is 16.4. The molecule has 0 radical (unpaired) electrons. The molecule has 0 spiro atoms. The number of para-hydroxylation sites is 1. The lowest BCUT2D eigenvalue weighted by Gasteiger charge is -2.19. The lowest BCUT2D eigenvalue weighted by atomic mass is 9.91. The number of benzene rings is 2. The third kappa shape index (κ3) is 4.76. The van der Waals surface area contributed by atoms with Gasteiger partial charge in [-0.25, -0.2) is 0 Å². The third-order valence-corrected chi connectivity index (χ3v) is 5.74. The maximum atomic E-state index is 12.9. The van der Waals surface area contributed by atoms with Gasteiger partial charge in [-0.3, -0.25) is 9.59 Å². The van der Waals surface area contributed by atoms with E-state index < -0.39 is 17.1 Å². The molecular formula is C26H26N2O6. The Bertz CT molecular complexity index is 1390. The quantitative estimate of drug-likeness (QED) is 0.368. The fourth-order valence-corrected chi connectivity index (χ4v) is 4.04. The summed E-state index contributed by atoms with van der Waals surface area (Å²) in [4.78, 5) is 25.1. The molecule has 4 rings (SSSR count). The number of fused-ring (bicyclic) bond motifs is 1. The highest BCUT2D eigenvalue weighted by molar-refractivity contribution is 5.80. The summed E-state index contributed by atoms with van der Waals surface area (Å²) in [7, 11) is 1.41. The van der Waals surface area contributed by atoms with Gasteiger partial charge >= 0.3 is 0 Å². The number of aromatic hydroxyl groups is 2. The predicted molar refractivity (Wildman–Crippen MR) is 127 cm³/mol. The van der Waals surface area contributed by atoms with E-state index >= 15 is 0 Å². The minimum absolute atomic E-state index is 0.00991. The van der Waals surface area contributed by atoms with Gasteiger partial charge in [0.05, 0.1) is 13.0 Å². The van der Waals surface area contributed by atoms with Crippen molar-refractivity contribution in [1.29, 1.82) is 0 Å². The average molecular weight is 463 g/mol. The first-order valence-corrected chi connectivity index (χ1v) is 10.9. The molecule has 0 saturated heterocycles. The van der Waals surface area contributed by atoms with E-state index in [1.807, 2.05) is 36.5 Å². The maximum absolute atomic E-state index is 12.9. The molecule has 0 aliphatic heterocycles.